The summed E-state index contributed by atoms with van der Waals surface area (Å²) in [5, 5.41) is 9.36. The summed E-state index contributed by atoms with van der Waals surface area (Å²) < 4.78 is 0. The molecule has 2 aliphatic rings. The minimum Gasteiger partial charge on any atom is -0.481 e. The molecule has 0 aromatic rings. The zero-order valence-corrected chi connectivity index (χ0v) is 10.9. The third kappa shape index (κ3) is 3.72. The number of carbonyl (C=O) groups is 1. The van der Waals surface area contributed by atoms with Crippen LogP contribution in [0.2, 0.25) is 0 Å². The van der Waals surface area contributed by atoms with E-state index in [1.165, 1.54) is 51.4 Å². The van der Waals surface area contributed by atoms with E-state index in [0.717, 1.165) is 25.2 Å². The zero-order chi connectivity index (χ0) is 12.1. The van der Waals surface area contributed by atoms with Crippen LogP contribution in [-0.2, 0) is 4.79 Å². The molecule has 0 heterocycles. The molecular weight excluding hydrogens is 212 g/mol. The third-order valence-corrected chi connectivity index (χ3v) is 4.84. The van der Waals surface area contributed by atoms with E-state index in [9.17, 15) is 9.90 Å². The van der Waals surface area contributed by atoms with Gasteiger partial charge in [0, 0.05) is 0 Å². The Labute approximate surface area is 105 Å². The SMILES string of the molecule is O=C(O)C1CCCCCC1CC1CCCCC1. The van der Waals surface area contributed by atoms with Gasteiger partial charge in [0.05, 0.1) is 5.92 Å². The Hall–Kier alpha value is -0.530. The first-order chi connectivity index (χ1) is 8.27. The van der Waals surface area contributed by atoms with Crippen LogP contribution in [0, 0.1) is 17.8 Å². The first kappa shape index (κ1) is 12.9. The molecule has 0 aliphatic heterocycles. The molecule has 1 N–H and O–H groups in total. The summed E-state index contributed by atoms with van der Waals surface area (Å²) in [6.45, 7) is 0. The zero-order valence-electron chi connectivity index (χ0n) is 10.9. The highest BCUT2D eigenvalue weighted by Gasteiger charge is 2.31. The molecule has 0 bridgehead atoms. The molecule has 98 valence electrons. The largest absolute Gasteiger partial charge is 0.481 e. The van der Waals surface area contributed by atoms with Gasteiger partial charge < -0.3 is 5.11 Å². The molecule has 0 aromatic carbocycles. The predicted molar refractivity (Wildman–Crippen MR) is 68.9 cm³/mol. The third-order valence-electron chi connectivity index (χ3n) is 4.84. The topological polar surface area (TPSA) is 37.3 Å². The van der Waals surface area contributed by atoms with Gasteiger partial charge in [-0.15, -0.1) is 0 Å². The fourth-order valence-electron chi connectivity index (χ4n) is 3.84. The number of carboxylic acids is 1. The van der Waals surface area contributed by atoms with Gasteiger partial charge >= 0.3 is 5.97 Å². The smallest absolute Gasteiger partial charge is 0.306 e. The van der Waals surface area contributed by atoms with Crippen molar-refractivity contribution in [2.75, 3.05) is 0 Å². The van der Waals surface area contributed by atoms with Crippen LogP contribution in [0.25, 0.3) is 0 Å². The number of rotatable bonds is 3. The summed E-state index contributed by atoms with van der Waals surface area (Å²) >= 11 is 0. The van der Waals surface area contributed by atoms with Crippen LogP contribution in [0.1, 0.15) is 70.6 Å². The van der Waals surface area contributed by atoms with E-state index < -0.39 is 5.97 Å². The molecule has 2 saturated carbocycles. The minimum atomic E-state index is -0.535. The molecule has 0 radical (unpaired) electrons. The van der Waals surface area contributed by atoms with E-state index >= 15 is 0 Å². The molecule has 2 aliphatic carbocycles. The van der Waals surface area contributed by atoms with Crippen molar-refractivity contribution in [2.45, 2.75) is 70.6 Å². The quantitative estimate of drug-likeness (QED) is 0.747. The molecule has 2 unspecified atom stereocenters. The highest BCUT2D eigenvalue weighted by atomic mass is 16.4. The first-order valence-electron chi connectivity index (χ1n) is 7.50. The van der Waals surface area contributed by atoms with Crippen molar-refractivity contribution < 1.29 is 9.90 Å². The maximum Gasteiger partial charge on any atom is 0.306 e. The standard InChI is InChI=1S/C15H26O2/c16-15(17)14-10-6-2-5-9-13(14)11-12-7-3-1-4-8-12/h12-14H,1-11H2,(H,16,17). The Bertz CT molecular complexity index is 243. The number of aliphatic carboxylic acids is 1. The Morgan fingerprint density at radius 2 is 1.47 bits per heavy atom. The molecule has 2 rings (SSSR count). The van der Waals surface area contributed by atoms with Crippen LogP contribution in [0.4, 0.5) is 0 Å². The van der Waals surface area contributed by atoms with Gasteiger partial charge in [-0.3, -0.25) is 4.79 Å². The lowest BCUT2D eigenvalue weighted by molar-refractivity contribution is -0.144. The minimum absolute atomic E-state index is 0.0422. The van der Waals surface area contributed by atoms with Gasteiger partial charge in [0.2, 0.25) is 0 Å². The van der Waals surface area contributed by atoms with Gasteiger partial charge in [0.15, 0.2) is 0 Å². The van der Waals surface area contributed by atoms with Crippen molar-refractivity contribution in [2.24, 2.45) is 17.8 Å². The molecule has 2 fully saturated rings. The Kier molecular flexibility index (Phi) is 4.87. The molecule has 2 atom stereocenters. The highest BCUT2D eigenvalue weighted by molar-refractivity contribution is 5.70. The van der Waals surface area contributed by atoms with Crippen molar-refractivity contribution in [1.82, 2.24) is 0 Å². The summed E-state index contributed by atoms with van der Waals surface area (Å²) in [4.78, 5) is 11.4. The molecule has 2 nitrogen and oxygen atoms in total. The average Bonchev–Trinajstić information content (AvgIpc) is 2.56. The number of hydrogen-bond donors (Lipinski definition) is 1. The summed E-state index contributed by atoms with van der Waals surface area (Å²) in [7, 11) is 0. The second-order valence-electron chi connectivity index (χ2n) is 6.08. The monoisotopic (exact) mass is 238 g/mol. The maximum atomic E-state index is 11.4. The van der Waals surface area contributed by atoms with Gasteiger partial charge in [-0.25, -0.2) is 0 Å². The number of carboxylic acid groups (broad SMARTS) is 1. The Balaban J connectivity index is 1.91. The van der Waals surface area contributed by atoms with Crippen LogP contribution in [0.3, 0.4) is 0 Å². The second-order valence-corrected chi connectivity index (χ2v) is 6.08. The Morgan fingerprint density at radius 3 is 2.12 bits per heavy atom. The van der Waals surface area contributed by atoms with Crippen molar-refractivity contribution in [3.8, 4) is 0 Å². The second kappa shape index (κ2) is 6.42. The van der Waals surface area contributed by atoms with E-state index in [2.05, 4.69) is 0 Å². The van der Waals surface area contributed by atoms with Crippen molar-refractivity contribution in [3.05, 3.63) is 0 Å². The summed E-state index contributed by atoms with van der Waals surface area (Å²) in [5.74, 6) is 0.721. The van der Waals surface area contributed by atoms with Gasteiger partial charge in [-0.1, -0.05) is 51.4 Å². The predicted octanol–water partition coefficient (Wildman–Crippen LogP) is 4.24. The molecule has 0 saturated heterocycles. The normalized spacial score (nSPS) is 32.0. The van der Waals surface area contributed by atoms with Crippen LogP contribution in [0.5, 0.6) is 0 Å². The van der Waals surface area contributed by atoms with Gasteiger partial charge in [-0.2, -0.15) is 0 Å². The molecule has 0 spiro atoms. The fraction of sp³-hybridized carbons (Fsp3) is 0.933. The lowest BCUT2D eigenvalue weighted by Crippen LogP contribution is -2.25. The van der Waals surface area contributed by atoms with E-state index in [-0.39, 0.29) is 5.92 Å². The van der Waals surface area contributed by atoms with E-state index in [0.29, 0.717) is 5.92 Å². The molecular formula is C15H26O2. The Morgan fingerprint density at radius 1 is 0.882 bits per heavy atom. The highest BCUT2D eigenvalue weighted by Crippen LogP contribution is 2.37. The van der Waals surface area contributed by atoms with Crippen LogP contribution in [-0.4, -0.2) is 11.1 Å². The molecule has 17 heavy (non-hydrogen) atoms. The molecule has 0 amide bonds. The summed E-state index contributed by atoms with van der Waals surface area (Å²) in [5.41, 5.74) is 0. The maximum absolute atomic E-state index is 11.4. The number of hydrogen-bond acceptors (Lipinski definition) is 1. The van der Waals surface area contributed by atoms with Crippen LogP contribution in [0.15, 0.2) is 0 Å². The van der Waals surface area contributed by atoms with Crippen LogP contribution >= 0.6 is 0 Å². The summed E-state index contributed by atoms with van der Waals surface area (Å²) in [6, 6.07) is 0. The fourth-order valence-corrected chi connectivity index (χ4v) is 3.84. The van der Waals surface area contributed by atoms with Crippen molar-refractivity contribution >= 4 is 5.97 Å². The van der Waals surface area contributed by atoms with Gasteiger partial charge in [-0.05, 0) is 31.1 Å². The molecule has 2 heteroatoms. The lowest BCUT2D eigenvalue weighted by Gasteiger charge is -2.28. The molecule has 0 aromatic heterocycles. The van der Waals surface area contributed by atoms with Crippen molar-refractivity contribution in [3.63, 3.8) is 0 Å². The van der Waals surface area contributed by atoms with E-state index in [4.69, 9.17) is 0 Å². The van der Waals surface area contributed by atoms with E-state index in [1.807, 2.05) is 0 Å². The lowest BCUT2D eigenvalue weighted by atomic mass is 9.76. The summed E-state index contributed by atoms with van der Waals surface area (Å²) in [6.07, 6.45) is 13.7. The average molecular weight is 238 g/mol. The first-order valence-corrected chi connectivity index (χ1v) is 7.50. The van der Waals surface area contributed by atoms with Crippen molar-refractivity contribution in [1.29, 1.82) is 0 Å². The van der Waals surface area contributed by atoms with Gasteiger partial charge in [0.1, 0.15) is 0 Å². The van der Waals surface area contributed by atoms with Gasteiger partial charge in [0.25, 0.3) is 0 Å². The van der Waals surface area contributed by atoms with E-state index in [1.54, 1.807) is 0 Å². The van der Waals surface area contributed by atoms with Crippen LogP contribution < -0.4 is 0 Å².